The Labute approximate surface area is 80.0 Å². The van der Waals surface area contributed by atoms with Crippen LogP contribution in [0.1, 0.15) is 0 Å². The maximum Gasteiger partial charge on any atom is 0.282 e. The highest BCUT2D eigenvalue weighted by Crippen LogP contribution is 2.15. The third-order valence-electron chi connectivity index (χ3n) is 1.91. The van der Waals surface area contributed by atoms with Gasteiger partial charge in [-0.25, -0.2) is 0 Å². The van der Waals surface area contributed by atoms with Crippen molar-refractivity contribution in [3.63, 3.8) is 0 Å². The van der Waals surface area contributed by atoms with E-state index < -0.39 is 5.56 Å². The molecule has 0 aliphatic heterocycles. The highest BCUT2D eigenvalue weighted by molar-refractivity contribution is 5.61. The maximum atomic E-state index is 10.9. The van der Waals surface area contributed by atoms with Crippen LogP contribution >= 0.6 is 0 Å². The molecule has 2 heterocycles. The van der Waals surface area contributed by atoms with E-state index in [1.807, 2.05) is 0 Å². The monoisotopic (exact) mass is 188 g/mol. The summed E-state index contributed by atoms with van der Waals surface area (Å²) in [4.78, 5) is 14.8. The van der Waals surface area contributed by atoms with Gasteiger partial charge in [-0.1, -0.05) is 0 Å². The summed E-state index contributed by atoms with van der Waals surface area (Å²) in [5.41, 5.74) is 1.24. The van der Waals surface area contributed by atoms with Crippen molar-refractivity contribution in [2.45, 2.75) is 0 Å². The normalized spacial score (nSPS) is 10.0. The van der Waals surface area contributed by atoms with Crippen molar-refractivity contribution < 1.29 is 5.21 Å². The lowest BCUT2D eigenvalue weighted by Gasteiger charge is -2.01. The van der Waals surface area contributed by atoms with Gasteiger partial charge in [0.2, 0.25) is 0 Å². The molecule has 0 amide bonds. The van der Waals surface area contributed by atoms with Gasteiger partial charge in [-0.15, -0.1) is 0 Å². The number of nitrogens with zero attached hydrogens (tertiary/aromatic N) is 2. The Hall–Kier alpha value is -2.10. The summed E-state index contributed by atoms with van der Waals surface area (Å²) in [7, 11) is 0. The molecule has 0 bridgehead atoms. The Morgan fingerprint density at radius 3 is 2.43 bits per heavy atom. The predicted octanol–water partition coefficient (Wildman–Crippen LogP) is 1.15. The first-order valence-corrected chi connectivity index (χ1v) is 4.10. The van der Waals surface area contributed by atoms with Crippen LogP contribution < -0.4 is 5.56 Å². The van der Waals surface area contributed by atoms with Crippen LogP contribution in [0.25, 0.3) is 11.1 Å². The van der Waals surface area contributed by atoms with Crippen molar-refractivity contribution in [3.8, 4) is 11.1 Å². The smallest absolute Gasteiger partial charge is 0.282 e. The molecule has 0 radical (unpaired) electrons. The maximum absolute atomic E-state index is 10.9. The van der Waals surface area contributed by atoms with Gasteiger partial charge in [0.15, 0.2) is 0 Å². The van der Waals surface area contributed by atoms with Gasteiger partial charge in [0, 0.05) is 24.0 Å². The minimum Gasteiger partial charge on any atom is -0.425 e. The van der Waals surface area contributed by atoms with Gasteiger partial charge in [0.25, 0.3) is 5.56 Å². The Kier molecular flexibility index (Phi) is 2.02. The van der Waals surface area contributed by atoms with Crippen molar-refractivity contribution in [3.05, 3.63) is 53.2 Å². The molecule has 4 heteroatoms. The summed E-state index contributed by atoms with van der Waals surface area (Å²) in [6.45, 7) is 0. The molecule has 2 aromatic heterocycles. The Morgan fingerprint density at radius 2 is 1.79 bits per heavy atom. The highest BCUT2D eigenvalue weighted by Gasteiger charge is 1.98. The second-order valence-corrected chi connectivity index (χ2v) is 2.84. The number of rotatable bonds is 1. The second kappa shape index (κ2) is 3.33. The van der Waals surface area contributed by atoms with Gasteiger partial charge in [-0.3, -0.25) is 9.78 Å². The van der Waals surface area contributed by atoms with Crippen molar-refractivity contribution in [2.24, 2.45) is 0 Å². The number of aromatic nitrogens is 2. The first-order valence-electron chi connectivity index (χ1n) is 4.10. The number of pyridine rings is 2. The topological polar surface area (TPSA) is 55.1 Å². The third-order valence-corrected chi connectivity index (χ3v) is 1.91. The lowest BCUT2D eigenvalue weighted by Crippen LogP contribution is -2.15. The molecule has 2 rings (SSSR count). The van der Waals surface area contributed by atoms with Crippen LogP contribution in [0.15, 0.2) is 47.7 Å². The summed E-state index contributed by atoms with van der Waals surface area (Å²) < 4.78 is 0.565. The van der Waals surface area contributed by atoms with E-state index in [0.29, 0.717) is 4.73 Å². The summed E-state index contributed by atoms with van der Waals surface area (Å²) >= 11 is 0. The molecule has 0 saturated carbocycles. The van der Waals surface area contributed by atoms with E-state index in [1.165, 1.54) is 12.3 Å². The second-order valence-electron chi connectivity index (χ2n) is 2.84. The molecule has 0 atom stereocenters. The summed E-state index contributed by atoms with van der Waals surface area (Å²) in [5.74, 6) is 0. The van der Waals surface area contributed by atoms with Crippen molar-refractivity contribution in [2.75, 3.05) is 0 Å². The molecule has 0 aliphatic carbocycles. The van der Waals surface area contributed by atoms with E-state index in [2.05, 4.69) is 4.98 Å². The zero-order valence-corrected chi connectivity index (χ0v) is 7.29. The van der Waals surface area contributed by atoms with Crippen LogP contribution in [-0.4, -0.2) is 14.9 Å². The molecule has 4 nitrogen and oxygen atoms in total. The molecule has 0 spiro atoms. The fraction of sp³-hybridized carbons (Fsp3) is 0. The van der Waals surface area contributed by atoms with Crippen LogP contribution in [0.3, 0.4) is 0 Å². The molecular formula is C10H8N2O2. The molecular weight excluding hydrogens is 180 g/mol. The Balaban J connectivity index is 2.54. The van der Waals surface area contributed by atoms with E-state index in [9.17, 15) is 4.79 Å². The van der Waals surface area contributed by atoms with E-state index in [0.717, 1.165) is 11.1 Å². The van der Waals surface area contributed by atoms with E-state index in [4.69, 9.17) is 5.21 Å². The van der Waals surface area contributed by atoms with Crippen LogP contribution in [0.5, 0.6) is 0 Å². The van der Waals surface area contributed by atoms with Gasteiger partial charge >= 0.3 is 0 Å². The van der Waals surface area contributed by atoms with Crippen LogP contribution in [0, 0.1) is 0 Å². The Morgan fingerprint density at radius 1 is 1.07 bits per heavy atom. The lowest BCUT2D eigenvalue weighted by molar-refractivity contribution is 0.175. The first-order chi connectivity index (χ1) is 6.77. The molecule has 1 N–H and O–H groups in total. The molecule has 0 aromatic carbocycles. The molecule has 0 saturated heterocycles. The van der Waals surface area contributed by atoms with Gasteiger partial charge in [0.1, 0.15) is 0 Å². The minimum absolute atomic E-state index is 0.442. The largest absolute Gasteiger partial charge is 0.425 e. The predicted molar refractivity (Wildman–Crippen MR) is 51.1 cm³/mol. The highest BCUT2D eigenvalue weighted by atomic mass is 16.5. The fourth-order valence-corrected chi connectivity index (χ4v) is 1.19. The standard InChI is InChI=1S/C10H8N2O2/c13-10-2-1-9(7-12(10)14)8-3-5-11-6-4-8/h1-7,14H. The van der Waals surface area contributed by atoms with Gasteiger partial charge in [-0.05, 0) is 23.8 Å². The number of hydrogen-bond donors (Lipinski definition) is 1. The van der Waals surface area contributed by atoms with Gasteiger partial charge in [0.05, 0.1) is 6.20 Å². The quantitative estimate of drug-likeness (QED) is 0.683. The van der Waals surface area contributed by atoms with Gasteiger partial charge in [-0.2, -0.15) is 4.73 Å². The molecule has 0 aliphatic rings. The summed E-state index contributed by atoms with van der Waals surface area (Å²) in [5, 5.41) is 9.15. The minimum atomic E-state index is -0.442. The number of hydrogen-bond acceptors (Lipinski definition) is 3. The van der Waals surface area contributed by atoms with Gasteiger partial charge < -0.3 is 5.21 Å². The van der Waals surface area contributed by atoms with E-state index in [1.54, 1.807) is 30.6 Å². The summed E-state index contributed by atoms with van der Waals surface area (Å²) in [6, 6.07) is 6.58. The van der Waals surface area contributed by atoms with Crippen molar-refractivity contribution in [1.29, 1.82) is 0 Å². The lowest BCUT2D eigenvalue weighted by atomic mass is 10.1. The zero-order valence-electron chi connectivity index (χ0n) is 7.29. The summed E-state index contributed by atoms with van der Waals surface area (Å²) in [6.07, 6.45) is 4.68. The molecule has 0 fully saturated rings. The SMILES string of the molecule is O=c1ccc(-c2ccncc2)cn1O. The van der Waals surface area contributed by atoms with E-state index in [-0.39, 0.29) is 0 Å². The van der Waals surface area contributed by atoms with Crippen LogP contribution in [0.4, 0.5) is 0 Å². The fourth-order valence-electron chi connectivity index (χ4n) is 1.19. The molecule has 14 heavy (non-hydrogen) atoms. The molecule has 70 valence electrons. The van der Waals surface area contributed by atoms with Crippen LogP contribution in [-0.2, 0) is 0 Å². The average Bonchev–Trinajstić information content (AvgIpc) is 2.23. The van der Waals surface area contributed by atoms with E-state index >= 15 is 0 Å². The first kappa shape index (κ1) is 8.50. The van der Waals surface area contributed by atoms with Crippen molar-refractivity contribution >= 4 is 0 Å². The Bertz CT molecular complexity index is 491. The average molecular weight is 188 g/mol. The third kappa shape index (κ3) is 1.50. The zero-order chi connectivity index (χ0) is 9.97. The van der Waals surface area contributed by atoms with Crippen molar-refractivity contribution in [1.82, 2.24) is 9.71 Å². The molecule has 2 aromatic rings. The van der Waals surface area contributed by atoms with Crippen LogP contribution in [0.2, 0.25) is 0 Å². The molecule has 0 unspecified atom stereocenters.